The number of carbonyl (C=O) groups excluding carboxylic acids is 1. The minimum Gasteiger partial charge on any atom is -0.396 e. The Morgan fingerprint density at radius 2 is 2.30 bits per heavy atom. The van der Waals surface area contributed by atoms with Gasteiger partial charge in [-0.25, -0.2) is 9.78 Å². The molecule has 6 heteroatoms. The fourth-order valence-electron chi connectivity index (χ4n) is 3.27. The lowest BCUT2D eigenvalue weighted by atomic mass is 10.0. The first-order valence-electron chi connectivity index (χ1n) is 8.28. The van der Waals surface area contributed by atoms with Crippen LogP contribution in [0.15, 0.2) is 24.4 Å². The van der Waals surface area contributed by atoms with Gasteiger partial charge in [-0.15, -0.1) is 0 Å². The van der Waals surface area contributed by atoms with Crippen LogP contribution < -0.4 is 5.32 Å². The van der Waals surface area contributed by atoms with Crippen molar-refractivity contribution in [2.24, 2.45) is 0 Å². The van der Waals surface area contributed by atoms with Crippen LogP contribution in [0.4, 0.5) is 4.79 Å². The summed E-state index contributed by atoms with van der Waals surface area (Å²) in [6.45, 7) is 3.34. The summed E-state index contributed by atoms with van der Waals surface area (Å²) in [6, 6.07) is 6.06. The number of rotatable bonds is 4. The maximum absolute atomic E-state index is 12.4. The molecule has 124 valence electrons. The van der Waals surface area contributed by atoms with Crippen molar-refractivity contribution in [1.29, 1.82) is 0 Å². The summed E-state index contributed by atoms with van der Waals surface area (Å²) >= 11 is 0. The van der Waals surface area contributed by atoms with Crippen LogP contribution in [-0.2, 0) is 6.54 Å². The third-order valence-corrected chi connectivity index (χ3v) is 4.52. The van der Waals surface area contributed by atoms with Crippen LogP contribution >= 0.6 is 0 Å². The van der Waals surface area contributed by atoms with Gasteiger partial charge in [0.1, 0.15) is 5.65 Å². The average Bonchev–Trinajstić information content (AvgIpc) is 2.98. The molecule has 0 saturated carbocycles. The summed E-state index contributed by atoms with van der Waals surface area (Å²) in [5.41, 5.74) is 2.86. The van der Waals surface area contributed by atoms with Gasteiger partial charge in [0.25, 0.3) is 0 Å². The van der Waals surface area contributed by atoms with Crippen LogP contribution in [-0.4, -0.2) is 44.6 Å². The molecule has 23 heavy (non-hydrogen) atoms. The van der Waals surface area contributed by atoms with E-state index < -0.39 is 0 Å². The molecule has 1 saturated heterocycles. The number of piperidine rings is 1. The van der Waals surface area contributed by atoms with Gasteiger partial charge < -0.3 is 19.7 Å². The molecule has 1 unspecified atom stereocenters. The van der Waals surface area contributed by atoms with E-state index in [0.717, 1.165) is 42.8 Å². The molecular weight excluding hydrogens is 292 g/mol. The van der Waals surface area contributed by atoms with Crippen molar-refractivity contribution in [3.8, 4) is 0 Å². The topological polar surface area (TPSA) is 69.9 Å². The molecule has 1 fully saturated rings. The third kappa shape index (κ3) is 3.47. The van der Waals surface area contributed by atoms with Crippen LogP contribution in [0, 0.1) is 6.92 Å². The zero-order valence-corrected chi connectivity index (χ0v) is 13.5. The Morgan fingerprint density at radius 1 is 1.43 bits per heavy atom. The fraction of sp³-hybridized carbons (Fsp3) is 0.529. The molecule has 2 N–H and O–H groups in total. The van der Waals surface area contributed by atoms with Gasteiger partial charge in [-0.3, -0.25) is 0 Å². The first kappa shape index (κ1) is 15.8. The lowest BCUT2D eigenvalue weighted by Gasteiger charge is -2.35. The average molecular weight is 316 g/mol. The van der Waals surface area contributed by atoms with Crippen molar-refractivity contribution in [3.63, 3.8) is 0 Å². The molecule has 1 aliphatic rings. The number of amides is 2. The number of likely N-dealkylation sites (tertiary alicyclic amines) is 1. The number of nitrogens with one attached hydrogen (secondary N) is 1. The number of hydrogen-bond acceptors (Lipinski definition) is 3. The predicted molar refractivity (Wildman–Crippen MR) is 88.2 cm³/mol. The highest BCUT2D eigenvalue weighted by Crippen LogP contribution is 2.19. The highest BCUT2D eigenvalue weighted by Gasteiger charge is 2.26. The summed E-state index contributed by atoms with van der Waals surface area (Å²) in [6.07, 6.45) is 5.75. The Balaban J connectivity index is 1.64. The Labute approximate surface area is 136 Å². The van der Waals surface area contributed by atoms with E-state index in [1.807, 2.05) is 40.6 Å². The van der Waals surface area contributed by atoms with E-state index in [0.29, 0.717) is 13.0 Å². The van der Waals surface area contributed by atoms with Gasteiger partial charge in [0, 0.05) is 31.1 Å². The Hall–Kier alpha value is -2.08. The van der Waals surface area contributed by atoms with Gasteiger partial charge in [-0.05, 0) is 44.7 Å². The number of imidazole rings is 1. The maximum atomic E-state index is 12.4. The van der Waals surface area contributed by atoms with Crippen LogP contribution in [0.3, 0.4) is 0 Å². The Morgan fingerprint density at radius 3 is 3.09 bits per heavy atom. The van der Waals surface area contributed by atoms with Crippen LogP contribution in [0.25, 0.3) is 5.65 Å². The highest BCUT2D eigenvalue weighted by molar-refractivity contribution is 5.74. The second-order valence-electron chi connectivity index (χ2n) is 6.14. The number of aliphatic hydroxyl groups excluding tert-OH is 1. The number of aliphatic hydroxyl groups is 1. The third-order valence-electron chi connectivity index (χ3n) is 4.52. The summed E-state index contributed by atoms with van der Waals surface area (Å²) in [4.78, 5) is 18.8. The lowest BCUT2D eigenvalue weighted by Crippen LogP contribution is -2.48. The summed E-state index contributed by atoms with van der Waals surface area (Å²) in [7, 11) is 0. The minimum atomic E-state index is -0.0584. The van der Waals surface area contributed by atoms with Crippen molar-refractivity contribution >= 4 is 11.7 Å². The Bertz CT molecular complexity index is 680. The predicted octanol–water partition coefficient (Wildman–Crippen LogP) is 2.09. The molecule has 2 aromatic rings. The van der Waals surface area contributed by atoms with Gasteiger partial charge in [0.05, 0.1) is 12.2 Å². The first-order valence-corrected chi connectivity index (χ1v) is 8.28. The number of urea groups is 1. The van der Waals surface area contributed by atoms with Crippen molar-refractivity contribution in [2.75, 3.05) is 13.2 Å². The number of aryl methyl sites for hydroxylation is 1. The molecular formula is C17H24N4O2. The van der Waals surface area contributed by atoms with E-state index in [2.05, 4.69) is 10.3 Å². The monoisotopic (exact) mass is 316 g/mol. The molecule has 3 heterocycles. The normalized spacial score (nSPS) is 18.3. The molecule has 0 aliphatic carbocycles. The first-order chi connectivity index (χ1) is 11.2. The molecule has 0 aromatic carbocycles. The largest absolute Gasteiger partial charge is 0.396 e. The number of aromatic nitrogens is 2. The van der Waals surface area contributed by atoms with E-state index in [9.17, 15) is 4.79 Å². The quantitative estimate of drug-likeness (QED) is 0.907. The lowest BCUT2D eigenvalue weighted by molar-refractivity contribution is 0.131. The van der Waals surface area contributed by atoms with Gasteiger partial charge in [-0.1, -0.05) is 6.07 Å². The van der Waals surface area contributed by atoms with E-state index in [4.69, 9.17) is 5.11 Å². The summed E-state index contributed by atoms with van der Waals surface area (Å²) in [5, 5.41) is 12.1. The zero-order chi connectivity index (χ0) is 16.2. The maximum Gasteiger partial charge on any atom is 0.317 e. The van der Waals surface area contributed by atoms with Crippen LogP contribution in [0.1, 0.15) is 37.1 Å². The zero-order valence-electron chi connectivity index (χ0n) is 13.5. The molecule has 6 nitrogen and oxygen atoms in total. The molecule has 2 aromatic heterocycles. The van der Waals surface area contributed by atoms with E-state index in [1.54, 1.807) is 0 Å². The number of carbonyl (C=O) groups is 1. The van der Waals surface area contributed by atoms with Gasteiger partial charge in [0.2, 0.25) is 0 Å². The second-order valence-corrected chi connectivity index (χ2v) is 6.14. The van der Waals surface area contributed by atoms with Gasteiger partial charge in [0.15, 0.2) is 0 Å². The molecule has 3 rings (SSSR count). The van der Waals surface area contributed by atoms with Crippen molar-refractivity contribution < 1.29 is 9.90 Å². The molecule has 2 amide bonds. The molecule has 0 bridgehead atoms. The second kappa shape index (κ2) is 7.00. The molecule has 1 atom stereocenters. The molecule has 0 spiro atoms. The number of fused-ring (bicyclic) bond motifs is 1. The molecule has 0 radical (unpaired) electrons. The number of hydrogen-bond donors (Lipinski definition) is 2. The van der Waals surface area contributed by atoms with Crippen molar-refractivity contribution in [1.82, 2.24) is 19.6 Å². The smallest absolute Gasteiger partial charge is 0.317 e. The SMILES string of the molecule is Cc1cccc2nc(CNC(=O)N3CCCCC3CCO)cn12. The van der Waals surface area contributed by atoms with Crippen LogP contribution in [0.2, 0.25) is 0 Å². The van der Waals surface area contributed by atoms with Gasteiger partial charge in [-0.2, -0.15) is 0 Å². The van der Waals surface area contributed by atoms with Crippen molar-refractivity contribution in [2.45, 2.75) is 45.2 Å². The van der Waals surface area contributed by atoms with Gasteiger partial charge >= 0.3 is 6.03 Å². The van der Waals surface area contributed by atoms with Crippen LogP contribution in [0.5, 0.6) is 0 Å². The fourth-order valence-corrected chi connectivity index (χ4v) is 3.27. The summed E-state index contributed by atoms with van der Waals surface area (Å²) in [5.74, 6) is 0. The van der Waals surface area contributed by atoms with Crippen molar-refractivity contribution in [3.05, 3.63) is 35.8 Å². The highest BCUT2D eigenvalue weighted by atomic mass is 16.3. The number of nitrogens with zero attached hydrogens (tertiary/aromatic N) is 3. The number of pyridine rings is 1. The molecule has 1 aliphatic heterocycles. The standard InChI is InChI=1S/C17H24N4O2/c1-13-5-4-7-16-19-14(12-21(13)16)11-18-17(23)20-9-3-2-6-15(20)8-10-22/h4-5,7,12,15,22H,2-3,6,8-11H2,1H3,(H,18,23). The van der Waals surface area contributed by atoms with E-state index in [-0.39, 0.29) is 18.7 Å². The summed E-state index contributed by atoms with van der Waals surface area (Å²) < 4.78 is 2.02. The minimum absolute atomic E-state index is 0.0584. The van der Waals surface area contributed by atoms with E-state index in [1.165, 1.54) is 0 Å². The Kier molecular flexibility index (Phi) is 4.81. The van der Waals surface area contributed by atoms with E-state index >= 15 is 0 Å².